The summed E-state index contributed by atoms with van der Waals surface area (Å²) in [4.78, 5) is 11.5. The van der Waals surface area contributed by atoms with Crippen molar-refractivity contribution < 1.29 is 26.7 Å². The number of aromatic nitrogens is 3. The van der Waals surface area contributed by atoms with Crippen molar-refractivity contribution in [3.63, 3.8) is 0 Å². The van der Waals surface area contributed by atoms with Gasteiger partial charge in [0.15, 0.2) is 6.61 Å². The van der Waals surface area contributed by atoms with E-state index >= 15 is 0 Å². The van der Waals surface area contributed by atoms with Gasteiger partial charge in [0.1, 0.15) is 0 Å². The summed E-state index contributed by atoms with van der Waals surface area (Å²) in [5, 5.41) is 5.49. The van der Waals surface area contributed by atoms with Crippen molar-refractivity contribution in [1.82, 2.24) is 15.0 Å². The molecule has 0 unspecified atom stereocenters. The SMILES string of the molecule is CC(C)Nc1nc(Nc2cccc(C(C)(F)F)c2)nc(OCC(F)(F)F)n1. The Labute approximate surface area is 152 Å². The fourth-order valence-electron chi connectivity index (χ4n) is 1.95. The Morgan fingerprint density at radius 3 is 2.30 bits per heavy atom. The van der Waals surface area contributed by atoms with Crippen molar-refractivity contribution in [3.8, 4) is 6.01 Å². The Hall–Kier alpha value is -2.72. The molecule has 0 aliphatic carbocycles. The van der Waals surface area contributed by atoms with Crippen LogP contribution in [0.2, 0.25) is 0 Å². The molecule has 0 saturated heterocycles. The van der Waals surface area contributed by atoms with E-state index in [1.165, 1.54) is 24.3 Å². The summed E-state index contributed by atoms with van der Waals surface area (Å²) < 4.78 is 68.5. The lowest BCUT2D eigenvalue weighted by atomic mass is 10.1. The third kappa shape index (κ3) is 6.83. The Morgan fingerprint density at radius 2 is 1.70 bits per heavy atom. The van der Waals surface area contributed by atoms with Gasteiger partial charge in [0, 0.05) is 24.2 Å². The van der Waals surface area contributed by atoms with Crippen molar-refractivity contribution in [2.45, 2.75) is 38.9 Å². The maximum atomic E-state index is 13.5. The molecule has 2 rings (SSSR count). The highest BCUT2D eigenvalue weighted by molar-refractivity contribution is 5.56. The monoisotopic (exact) mass is 391 g/mol. The van der Waals surface area contributed by atoms with E-state index in [1.807, 2.05) is 0 Å². The smallest absolute Gasteiger partial charge is 0.422 e. The first-order chi connectivity index (χ1) is 12.4. The van der Waals surface area contributed by atoms with E-state index in [0.717, 1.165) is 6.92 Å². The van der Waals surface area contributed by atoms with Crippen molar-refractivity contribution in [3.05, 3.63) is 29.8 Å². The van der Waals surface area contributed by atoms with Crippen LogP contribution in [0.1, 0.15) is 26.3 Å². The van der Waals surface area contributed by atoms with Crippen LogP contribution in [0.4, 0.5) is 39.5 Å². The number of nitrogens with one attached hydrogen (secondary N) is 2. The third-order valence-electron chi connectivity index (χ3n) is 3.02. The molecule has 0 aliphatic heterocycles. The minimum atomic E-state index is -4.56. The maximum absolute atomic E-state index is 13.5. The molecule has 0 amide bonds. The minimum absolute atomic E-state index is 0.0170. The van der Waals surface area contributed by atoms with E-state index in [4.69, 9.17) is 0 Å². The second-order valence-electron chi connectivity index (χ2n) is 6.06. The predicted octanol–water partition coefficient (Wildman–Crippen LogP) is 4.49. The zero-order chi connectivity index (χ0) is 20.2. The Balaban J connectivity index is 2.29. The zero-order valence-electron chi connectivity index (χ0n) is 14.7. The quantitative estimate of drug-likeness (QED) is 0.678. The molecule has 2 aromatic rings. The number of anilines is 3. The van der Waals surface area contributed by atoms with Crippen LogP contribution in [0.5, 0.6) is 6.01 Å². The van der Waals surface area contributed by atoms with Crippen LogP contribution in [0, 0.1) is 0 Å². The van der Waals surface area contributed by atoms with Crippen LogP contribution < -0.4 is 15.4 Å². The molecule has 1 aromatic carbocycles. The van der Waals surface area contributed by atoms with Gasteiger partial charge in [-0.1, -0.05) is 12.1 Å². The fourth-order valence-corrected chi connectivity index (χ4v) is 1.95. The Morgan fingerprint density at radius 1 is 1.04 bits per heavy atom. The Kier molecular flexibility index (Phi) is 6.01. The fraction of sp³-hybridized carbons (Fsp3) is 0.438. The first-order valence-corrected chi connectivity index (χ1v) is 7.90. The van der Waals surface area contributed by atoms with E-state index in [9.17, 15) is 22.0 Å². The highest BCUT2D eigenvalue weighted by Crippen LogP contribution is 2.29. The summed E-state index contributed by atoms with van der Waals surface area (Å²) in [6, 6.07) is 4.68. The minimum Gasteiger partial charge on any atom is -0.454 e. The number of nitrogens with zero attached hydrogens (tertiary/aromatic N) is 3. The van der Waals surface area contributed by atoms with E-state index in [2.05, 4.69) is 30.3 Å². The van der Waals surface area contributed by atoms with Gasteiger partial charge in [-0.3, -0.25) is 0 Å². The summed E-state index contributed by atoms with van der Waals surface area (Å²) in [5.74, 6) is -3.22. The topological polar surface area (TPSA) is 72.0 Å². The van der Waals surface area contributed by atoms with Crippen LogP contribution in [-0.4, -0.2) is 33.8 Å². The lowest BCUT2D eigenvalue weighted by Crippen LogP contribution is -2.21. The maximum Gasteiger partial charge on any atom is 0.422 e. The highest BCUT2D eigenvalue weighted by atomic mass is 19.4. The lowest BCUT2D eigenvalue weighted by molar-refractivity contribution is -0.154. The van der Waals surface area contributed by atoms with Crippen molar-refractivity contribution >= 4 is 17.6 Å². The largest absolute Gasteiger partial charge is 0.454 e. The van der Waals surface area contributed by atoms with Gasteiger partial charge in [-0.2, -0.15) is 28.1 Å². The summed E-state index contributed by atoms with van der Waals surface area (Å²) in [6.07, 6.45) is -4.56. The van der Waals surface area contributed by atoms with Gasteiger partial charge in [-0.25, -0.2) is 8.78 Å². The molecule has 0 radical (unpaired) electrons. The molecule has 1 aromatic heterocycles. The molecular formula is C16H18F5N5O. The molecule has 0 atom stereocenters. The first kappa shape index (κ1) is 20.6. The Bertz CT molecular complexity index is 777. The number of hydrogen-bond donors (Lipinski definition) is 2. The number of benzene rings is 1. The van der Waals surface area contributed by atoms with E-state index < -0.39 is 24.7 Å². The van der Waals surface area contributed by atoms with E-state index in [0.29, 0.717) is 0 Å². The molecule has 1 heterocycles. The van der Waals surface area contributed by atoms with Crippen molar-refractivity contribution in [2.75, 3.05) is 17.2 Å². The summed E-state index contributed by atoms with van der Waals surface area (Å²) in [6.45, 7) is 2.73. The zero-order valence-corrected chi connectivity index (χ0v) is 14.7. The molecule has 0 saturated carbocycles. The summed E-state index contributed by atoms with van der Waals surface area (Å²) in [5.41, 5.74) is -0.00637. The van der Waals surface area contributed by atoms with Crippen LogP contribution in [0.3, 0.4) is 0 Å². The first-order valence-electron chi connectivity index (χ1n) is 7.90. The van der Waals surface area contributed by atoms with Crippen LogP contribution in [-0.2, 0) is 5.92 Å². The van der Waals surface area contributed by atoms with Gasteiger partial charge in [-0.05, 0) is 26.0 Å². The number of alkyl halides is 5. The van der Waals surface area contributed by atoms with Gasteiger partial charge in [0.05, 0.1) is 0 Å². The molecule has 148 valence electrons. The van der Waals surface area contributed by atoms with Gasteiger partial charge in [0.2, 0.25) is 11.9 Å². The average Bonchev–Trinajstić information content (AvgIpc) is 2.51. The van der Waals surface area contributed by atoms with Gasteiger partial charge in [0.25, 0.3) is 5.92 Å². The molecule has 0 aliphatic rings. The van der Waals surface area contributed by atoms with E-state index in [1.54, 1.807) is 13.8 Å². The average molecular weight is 391 g/mol. The normalized spacial score (nSPS) is 12.2. The van der Waals surface area contributed by atoms with Crippen molar-refractivity contribution in [2.24, 2.45) is 0 Å². The van der Waals surface area contributed by atoms with E-state index in [-0.39, 0.29) is 29.2 Å². The molecular weight excluding hydrogens is 373 g/mol. The molecule has 0 spiro atoms. The van der Waals surface area contributed by atoms with Gasteiger partial charge >= 0.3 is 12.2 Å². The summed E-state index contributed by atoms with van der Waals surface area (Å²) in [7, 11) is 0. The van der Waals surface area contributed by atoms with Crippen LogP contribution in [0.25, 0.3) is 0 Å². The standard InChI is InChI=1S/C16H18F5N5O/c1-9(2)22-12-24-13(26-14(25-12)27-8-16(19,20)21)23-11-6-4-5-10(7-11)15(3,17)18/h4-7,9H,8H2,1-3H3,(H2,22,23,24,25,26). The lowest BCUT2D eigenvalue weighted by Gasteiger charge is -2.14. The predicted molar refractivity (Wildman–Crippen MR) is 89.4 cm³/mol. The molecule has 0 fully saturated rings. The van der Waals surface area contributed by atoms with Crippen LogP contribution in [0.15, 0.2) is 24.3 Å². The molecule has 0 bridgehead atoms. The molecule has 27 heavy (non-hydrogen) atoms. The number of ether oxygens (including phenoxy) is 1. The highest BCUT2D eigenvalue weighted by Gasteiger charge is 2.29. The third-order valence-corrected chi connectivity index (χ3v) is 3.02. The van der Waals surface area contributed by atoms with Crippen molar-refractivity contribution in [1.29, 1.82) is 0 Å². The second-order valence-corrected chi connectivity index (χ2v) is 6.06. The number of hydrogen-bond acceptors (Lipinski definition) is 6. The second kappa shape index (κ2) is 7.89. The molecule has 11 heteroatoms. The number of halogens is 5. The number of rotatable bonds is 7. The summed E-state index contributed by atoms with van der Waals surface area (Å²) >= 11 is 0. The molecule has 2 N–H and O–H groups in total. The molecule has 6 nitrogen and oxygen atoms in total. The van der Waals surface area contributed by atoms with Crippen LogP contribution >= 0.6 is 0 Å². The van der Waals surface area contributed by atoms with Gasteiger partial charge in [-0.15, -0.1) is 0 Å². The van der Waals surface area contributed by atoms with Gasteiger partial charge < -0.3 is 15.4 Å².